The Kier molecular flexibility index (Phi) is 6.30. The van der Waals surface area contributed by atoms with Crippen molar-refractivity contribution >= 4 is 29.1 Å². The van der Waals surface area contributed by atoms with E-state index in [-0.39, 0.29) is 24.3 Å². The molecule has 1 atom stereocenters. The minimum Gasteiger partial charge on any atom is -0.394 e. The van der Waals surface area contributed by atoms with Crippen LogP contribution in [0.25, 0.3) is 0 Å². The molecule has 0 fully saturated rings. The van der Waals surface area contributed by atoms with E-state index in [0.29, 0.717) is 10.7 Å². The maximum Gasteiger partial charge on any atom is 0.433 e. The van der Waals surface area contributed by atoms with E-state index in [2.05, 4.69) is 20.6 Å². The summed E-state index contributed by atoms with van der Waals surface area (Å²) in [6, 6.07) is 5.39. The summed E-state index contributed by atoms with van der Waals surface area (Å²) in [5.41, 5.74) is 0.262. The SMILES string of the molecule is Cc1ccc(Nc2cc(C(F)(F)F)nc(N[C@@H](CO)C(C)C)n2)cc1Cl. The number of nitrogens with one attached hydrogen (secondary N) is 2. The summed E-state index contributed by atoms with van der Waals surface area (Å²) < 4.78 is 39.5. The fraction of sp³-hybridized carbons (Fsp3) is 0.412. The van der Waals surface area contributed by atoms with E-state index in [4.69, 9.17) is 11.6 Å². The van der Waals surface area contributed by atoms with Crippen molar-refractivity contribution in [2.75, 3.05) is 17.2 Å². The molecule has 26 heavy (non-hydrogen) atoms. The lowest BCUT2D eigenvalue weighted by molar-refractivity contribution is -0.141. The third kappa shape index (κ3) is 5.22. The van der Waals surface area contributed by atoms with Crippen LogP contribution in [-0.4, -0.2) is 27.7 Å². The number of nitrogens with zero attached hydrogens (tertiary/aromatic N) is 2. The van der Waals surface area contributed by atoms with Gasteiger partial charge >= 0.3 is 6.18 Å². The minimum absolute atomic E-state index is 0.0227. The lowest BCUT2D eigenvalue weighted by Gasteiger charge is -2.21. The molecule has 0 bridgehead atoms. The van der Waals surface area contributed by atoms with E-state index in [1.807, 2.05) is 20.8 Å². The number of hydrogen-bond donors (Lipinski definition) is 3. The summed E-state index contributed by atoms with van der Waals surface area (Å²) in [4.78, 5) is 7.60. The van der Waals surface area contributed by atoms with Gasteiger partial charge in [0.2, 0.25) is 5.95 Å². The first-order valence-corrected chi connectivity index (χ1v) is 8.34. The molecule has 0 saturated heterocycles. The van der Waals surface area contributed by atoms with Gasteiger partial charge in [-0.25, -0.2) is 4.98 Å². The van der Waals surface area contributed by atoms with Gasteiger partial charge < -0.3 is 15.7 Å². The van der Waals surface area contributed by atoms with Crippen LogP contribution in [0.4, 0.5) is 30.6 Å². The van der Waals surface area contributed by atoms with Crippen LogP contribution < -0.4 is 10.6 Å². The van der Waals surface area contributed by atoms with Gasteiger partial charge in [-0.2, -0.15) is 18.2 Å². The molecule has 1 heterocycles. The number of rotatable bonds is 6. The van der Waals surface area contributed by atoms with Crippen LogP contribution in [0, 0.1) is 12.8 Å². The fourth-order valence-electron chi connectivity index (χ4n) is 2.13. The van der Waals surface area contributed by atoms with Crippen molar-refractivity contribution < 1.29 is 18.3 Å². The summed E-state index contributed by atoms with van der Waals surface area (Å²) in [6.45, 7) is 5.22. The Hall–Kier alpha value is -2.06. The smallest absolute Gasteiger partial charge is 0.394 e. The fourth-order valence-corrected chi connectivity index (χ4v) is 2.31. The molecule has 2 aromatic rings. The number of alkyl halides is 3. The van der Waals surface area contributed by atoms with Gasteiger partial charge in [0.1, 0.15) is 5.82 Å². The molecule has 0 aliphatic carbocycles. The molecule has 9 heteroatoms. The van der Waals surface area contributed by atoms with Crippen LogP contribution in [0.3, 0.4) is 0 Å². The van der Waals surface area contributed by atoms with Crippen molar-refractivity contribution in [2.24, 2.45) is 5.92 Å². The maximum absolute atomic E-state index is 13.2. The summed E-state index contributed by atoms with van der Waals surface area (Å²) in [5.74, 6) is -0.270. The monoisotopic (exact) mass is 388 g/mol. The van der Waals surface area contributed by atoms with Crippen LogP contribution in [0.15, 0.2) is 24.3 Å². The number of halogens is 4. The van der Waals surface area contributed by atoms with Crippen molar-refractivity contribution in [3.63, 3.8) is 0 Å². The zero-order valence-electron chi connectivity index (χ0n) is 14.5. The maximum atomic E-state index is 13.2. The lowest BCUT2D eigenvalue weighted by Crippen LogP contribution is -2.30. The van der Waals surface area contributed by atoms with Crippen molar-refractivity contribution in [3.8, 4) is 0 Å². The standard InChI is InChI=1S/C17H20ClF3N4O/c1-9(2)13(8-26)23-16-24-14(17(19,20)21)7-15(25-16)22-11-5-4-10(3)12(18)6-11/h4-7,9,13,26H,8H2,1-3H3,(H2,22,23,24,25)/t13-/m0/s1. The molecular formula is C17H20ClF3N4O. The molecule has 0 unspecified atom stereocenters. The molecule has 0 saturated carbocycles. The molecule has 5 nitrogen and oxygen atoms in total. The van der Waals surface area contributed by atoms with E-state index in [0.717, 1.165) is 11.6 Å². The highest BCUT2D eigenvalue weighted by Gasteiger charge is 2.34. The van der Waals surface area contributed by atoms with Gasteiger partial charge in [0.05, 0.1) is 12.6 Å². The highest BCUT2D eigenvalue weighted by Crippen LogP contribution is 2.31. The zero-order chi connectivity index (χ0) is 19.5. The summed E-state index contributed by atoms with van der Waals surface area (Å²) >= 11 is 6.04. The van der Waals surface area contributed by atoms with E-state index in [1.54, 1.807) is 18.2 Å². The Morgan fingerprint density at radius 1 is 1.19 bits per heavy atom. The molecule has 2 rings (SSSR count). The van der Waals surface area contributed by atoms with E-state index in [9.17, 15) is 18.3 Å². The first-order chi connectivity index (χ1) is 12.1. The van der Waals surface area contributed by atoms with Crippen molar-refractivity contribution in [1.82, 2.24) is 9.97 Å². The first-order valence-electron chi connectivity index (χ1n) is 7.97. The summed E-state index contributed by atoms with van der Waals surface area (Å²) in [6.07, 6.45) is -4.63. The van der Waals surface area contributed by atoms with Crippen LogP contribution >= 0.6 is 11.6 Å². The average molecular weight is 389 g/mol. The Balaban J connectivity index is 2.38. The largest absolute Gasteiger partial charge is 0.433 e. The molecule has 0 aliphatic rings. The Labute approximate surface area is 154 Å². The van der Waals surface area contributed by atoms with E-state index in [1.165, 1.54) is 0 Å². The highest BCUT2D eigenvalue weighted by molar-refractivity contribution is 6.31. The predicted molar refractivity (Wildman–Crippen MR) is 95.8 cm³/mol. The third-order valence-corrected chi connectivity index (χ3v) is 4.18. The van der Waals surface area contributed by atoms with E-state index >= 15 is 0 Å². The van der Waals surface area contributed by atoms with Gasteiger partial charge in [-0.05, 0) is 30.5 Å². The van der Waals surface area contributed by atoms with Gasteiger partial charge in [0, 0.05) is 16.8 Å². The number of anilines is 3. The Bertz CT molecular complexity index is 768. The van der Waals surface area contributed by atoms with Crippen molar-refractivity contribution in [2.45, 2.75) is 33.0 Å². The van der Waals surface area contributed by atoms with Crippen molar-refractivity contribution in [1.29, 1.82) is 0 Å². The molecule has 0 spiro atoms. The van der Waals surface area contributed by atoms with Crippen LogP contribution in [0.1, 0.15) is 25.1 Å². The van der Waals surface area contributed by atoms with E-state index < -0.39 is 17.9 Å². The summed E-state index contributed by atoms with van der Waals surface area (Å²) in [5, 5.41) is 15.4. The van der Waals surface area contributed by atoms with Crippen LogP contribution in [-0.2, 0) is 6.18 Å². The topological polar surface area (TPSA) is 70.1 Å². The van der Waals surface area contributed by atoms with Gasteiger partial charge in [0.25, 0.3) is 0 Å². The van der Waals surface area contributed by atoms with Gasteiger partial charge in [0.15, 0.2) is 5.69 Å². The van der Waals surface area contributed by atoms with Gasteiger partial charge in [-0.3, -0.25) is 0 Å². The predicted octanol–water partition coefficient (Wildman–Crippen LogP) is 4.63. The normalized spacial score (nSPS) is 13.0. The second kappa shape index (κ2) is 8.09. The van der Waals surface area contributed by atoms with Gasteiger partial charge in [-0.1, -0.05) is 31.5 Å². The number of aliphatic hydroxyl groups is 1. The number of aryl methyl sites for hydroxylation is 1. The number of aromatic nitrogens is 2. The quantitative estimate of drug-likeness (QED) is 0.673. The molecule has 0 aliphatic heterocycles. The summed E-state index contributed by atoms with van der Waals surface area (Å²) in [7, 11) is 0. The molecule has 1 aromatic carbocycles. The molecule has 0 amide bonds. The molecule has 3 N–H and O–H groups in total. The molecular weight excluding hydrogens is 369 g/mol. The number of benzene rings is 1. The van der Waals surface area contributed by atoms with Crippen LogP contribution in [0.5, 0.6) is 0 Å². The number of aliphatic hydroxyl groups excluding tert-OH is 1. The highest BCUT2D eigenvalue weighted by atomic mass is 35.5. The lowest BCUT2D eigenvalue weighted by atomic mass is 10.1. The zero-order valence-corrected chi connectivity index (χ0v) is 15.3. The minimum atomic E-state index is -4.63. The molecule has 142 valence electrons. The molecule has 1 aromatic heterocycles. The van der Waals surface area contributed by atoms with Gasteiger partial charge in [-0.15, -0.1) is 0 Å². The Morgan fingerprint density at radius 3 is 2.42 bits per heavy atom. The second-order valence-corrected chi connectivity index (χ2v) is 6.63. The average Bonchev–Trinajstić information content (AvgIpc) is 2.55. The first kappa shape index (κ1) is 20.3. The Morgan fingerprint density at radius 2 is 1.88 bits per heavy atom. The van der Waals surface area contributed by atoms with Crippen molar-refractivity contribution in [3.05, 3.63) is 40.5 Å². The third-order valence-electron chi connectivity index (χ3n) is 3.78. The van der Waals surface area contributed by atoms with Crippen LogP contribution in [0.2, 0.25) is 5.02 Å². The number of hydrogen-bond acceptors (Lipinski definition) is 5. The second-order valence-electron chi connectivity index (χ2n) is 6.23. The molecule has 0 radical (unpaired) electrons.